The SMILES string of the molecule is O=C1Nc2ccc(-c3ccco3)cc2C(=O)N2CCNCC12. The molecule has 0 saturated carbocycles. The molecule has 0 aliphatic carbocycles. The monoisotopic (exact) mass is 297 g/mol. The van der Waals surface area contributed by atoms with Crippen LogP contribution in [0, 0.1) is 0 Å². The number of nitrogens with zero attached hydrogens (tertiary/aromatic N) is 1. The molecule has 1 fully saturated rings. The molecule has 1 atom stereocenters. The highest BCUT2D eigenvalue weighted by atomic mass is 16.3. The number of fused-ring (bicyclic) bond motifs is 2. The first kappa shape index (κ1) is 13.1. The van der Waals surface area contributed by atoms with E-state index in [1.807, 2.05) is 12.1 Å². The van der Waals surface area contributed by atoms with Gasteiger partial charge in [0.05, 0.1) is 17.5 Å². The van der Waals surface area contributed by atoms with Gasteiger partial charge in [-0.05, 0) is 30.3 Å². The van der Waals surface area contributed by atoms with Crippen LogP contribution in [-0.2, 0) is 4.79 Å². The van der Waals surface area contributed by atoms with Crippen LogP contribution in [0.25, 0.3) is 11.3 Å². The van der Waals surface area contributed by atoms with Gasteiger partial charge in [0.2, 0.25) is 5.91 Å². The second-order valence-electron chi connectivity index (χ2n) is 5.45. The third-order valence-electron chi connectivity index (χ3n) is 4.12. The maximum Gasteiger partial charge on any atom is 0.256 e. The number of piperazine rings is 1. The van der Waals surface area contributed by atoms with Gasteiger partial charge in [0, 0.05) is 25.2 Å². The second kappa shape index (κ2) is 4.99. The van der Waals surface area contributed by atoms with Gasteiger partial charge in [-0.15, -0.1) is 0 Å². The molecule has 2 aliphatic rings. The average molecular weight is 297 g/mol. The number of anilines is 1. The second-order valence-corrected chi connectivity index (χ2v) is 5.45. The van der Waals surface area contributed by atoms with Crippen molar-refractivity contribution in [1.29, 1.82) is 0 Å². The number of rotatable bonds is 1. The lowest BCUT2D eigenvalue weighted by molar-refractivity contribution is -0.120. The van der Waals surface area contributed by atoms with Crippen molar-refractivity contribution >= 4 is 17.5 Å². The van der Waals surface area contributed by atoms with Crippen LogP contribution in [0.1, 0.15) is 10.4 Å². The first-order chi connectivity index (χ1) is 10.7. The van der Waals surface area contributed by atoms with Crippen molar-refractivity contribution in [3.63, 3.8) is 0 Å². The number of amides is 2. The number of carbonyl (C=O) groups is 2. The lowest BCUT2D eigenvalue weighted by atomic mass is 10.1. The van der Waals surface area contributed by atoms with Crippen molar-refractivity contribution in [2.45, 2.75) is 6.04 Å². The summed E-state index contributed by atoms with van der Waals surface area (Å²) in [6.07, 6.45) is 1.59. The minimum absolute atomic E-state index is 0.117. The van der Waals surface area contributed by atoms with Crippen LogP contribution in [0.15, 0.2) is 41.0 Å². The summed E-state index contributed by atoms with van der Waals surface area (Å²) >= 11 is 0. The van der Waals surface area contributed by atoms with Crippen LogP contribution in [0.5, 0.6) is 0 Å². The van der Waals surface area contributed by atoms with E-state index in [2.05, 4.69) is 10.6 Å². The molecule has 1 unspecified atom stereocenters. The summed E-state index contributed by atoms with van der Waals surface area (Å²) in [5.74, 6) is 0.432. The number of nitrogens with one attached hydrogen (secondary N) is 2. The molecule has 4 rings (SSSR count). The van der Waals surface area contributed by atoms with Gasteiger partial charge >= 0.3 is 0 Å². The summed E-state index contributed by atoms with van der Waals surface area (Å²) in [6, 6.07) is 8.57. The smallest absolute Gasteiger partial charge is 0.256 e. The number of benzene rings is 1. The summed E-state index contributed by atoms with van der Waals surface area (Å²) in [4.78, 5) is 26.8. The van der Waals surface area contributed by atoms with Crippen LogP contribution in [-0.4, -0.2) is 42.4 Å². The van der Waals surface area contributed by atoms with E-state index >= 15 is 0 Å². The third-order valence-corrected chi connectivity index (χ3v) is 4.12. The summed E-state index contributed by atoms with van der Waals surface area (Å²) in [5, 5.41) is 6.01. The molecular formula is C16H15N3O3. The Kier molecular flexibility index (Phi) is 2.97. The fourth-order valence-corrected chi connectivity index (χ4v) is 2.98. The van der Waals surface area contributed by atoms with Gasteiger partial charge in [-0.3, -0.25) is 9.59 Å². The van der Waals surface area contributed by atoms with E-state index in [1.54, 1.807) is 29.4 Å². The maximum absolute atomic E-state index is 12.8. The Bertz CT molecular complexity index is 739. The highest BCUT2D eigenvalue weighted by Crippen LogP contribution is 2.29. The van der Waals surface area contributed by atoms with E-state index in [0.717, 1.165) is 5.56 Å². The molecule has 2 aromatic rings. The van der Waals surface area contributed by atoms with Gasteiger partial charge in [0.1, 0.15) is 11.8 Å². The van der Waals surface area contributed by atoms with Gasteiger partial charge < -0.3 is 20.0 Å². The van der Waals surface area contributed by atoms with Crippen LogP contribution < -0.4 is 10.6 Å². The zero-order chi connectivity index (χ0) is 15.1. The molecule has 2 aliphatic heterocycles. The molecule has 1 saturated heterocycles. The van der Waals surface area contributed by atoms with E-state index in [9.17, 15) is 9.59 Å². The normalized spacial score (nSPS) is 20.9. The highest BCUT2D eigenvalue weighted by molar-refractivity contribution is 6.10. The number of carbonyl (C=O) groups excluding carboxylic acids is 2. The molecule has 0 radical (unpaired) electrons. The number of furan rings is 1. The first-order valence-corrected chi connectivity index (χ1v) is 7.24. The van der Waals surface area contributed by atoms with E-state index in [-0.39, 0.29) is 11.8 Å². The largest absolute Gasteiger partial charge is 0.464 e. The summed E-state index contributed by atoms with van der Waals surface area (Å²) in [7, 11) is 0. The molecule has 2 amide bonds. The standard InChI is InChI=1S/C16H15N3O3/c20-15-13-9-17-5-6-19(13)16(21)11-8-10(3-4-12(11)18-15)14-2-1-7-22-14/h1-4,7-8,13,17H,5-6,9H2,(H,18,20). The van der Waals surface area contributed by atoms with Gasteiger partial charge in [-0.2, -0.15) is 0 Å². The molecule has 2 N–H and O–H groups in total. The lowest BCUT2D eigenvalue weighted by Crippen LogP contribution is -2.57. The van der Waals surface area contributed by atoms with Crippen LogP contribution >= 0.6 is 0 Å². The van der Waals surface area contributed by atoms with Crippen molar-refractivity contribution < 1.29 is 14.0 Å². The molecule has 0 spiro atoms. The lowest BCUT2D eigenvalue weighted by Gasteiger charge is -2.33. The average Bonchev–Trinajstić information content (AvgIpc) is 3.06. The van der Waals surface area contributed by atoms with E-state index in [0.29, 0.717) is 36.6 Å². The molecule has 112 valence electrons. The van der Waals surface area contributed by atoms with Crippen molar-refractivity contribution in [2.75, 3.05) is 25.0 Å². The van der Waals surface area contributed by atoms with Crippen molar-refractivity contribution in [2.24, 2.45) is 0 Å². The quantitative estimate of drug-likeness (QED) is 0.832. The number of hydrogen-bond acceptors (Lipinski definition) is 4. The Morgan fingerprint density at radius 2 is 2.14 bits per heavy atom. The van der Waals surface area contributed by atoms with Crippen molar-refractivity contribution in [1.82, 2.24) is 10.2 Å². The Morgan fingerprint density at radius 1 is 1.23 bits per heavy atom. The molecule has 3 heterocycles. The van der Waals surface area contributed by atoms with Gasteiger partial charge in [0.15, 0.2) is 0 Å². The Balaban J connectivity index is 1.80. The van der Waals surface area contributed by atoms with Crippen LogP contribution in [0.2, 0.25) is 0 Å². The molecule has 6 nitrogen and oxygen atoms in total. The van der Waals surface area contributed by atoms with Crippen LogP contribution in [0.3, 0.4) is 0 Å². The number of hydrogen-bond donors (Lipinski definition) is 2. The van der Waals surface area contributed by atoms with Gasteiger partial charge in [-0.25, -0.2) is 0 Å². The molecular weight excluding hydrogens is 282 g/mol. The van der Waals surface area contributed by atoms with Crippen LogP contribution in [0.4, 0.5) is 5.69 Å². The zero-order valence-corrected chi connectivity index (χ0v) is 11.8. The minimum Gasteiger partial charge on any atom is -0.464 e. The first-order valence-electron chi connectivity index (χ1n) is 7.24. The molecule has 0 bridgehead atoms. The fraction of sp³-hybridized carbons (Fsp3) is 0.250. The summed E-state index contributed by atoms with van der Waals surface area (Å²) in [6.45, 7) is 1.71. The Hall–Kier alpha value is -2.60. The topological polar surface area (TPSA) is 74.6 Å². The summed E-state index contributed by atoms with van der Waals surface area (Å²) in [5.41, 5.74) is 1.88. The van der Waals surface area contributed by atoms with Gasteiger partial charge in [0.25, 0.3) is 5.91 Å². The van der Waals surface area contributed by atoms with E-state index in [4.69, 9.17) is 4.42 Å². The Morgan fingerprint density at radius 3 is 2.95 bits per heavy atom. The highest BCUT2D eigenvalue weighted by Gasteiger charge is 2.36. The molecule has 1 aromatic heterocycles. The zero-order valence-electron chi connectivity index (χ0n) is 11.8. The Labute approximate surface area is 127 Å². The fourth-order valence-electron chi connectivity index (χ4n) is 2.98. The van der Waals surface area contributed by atoms with E-state index < -0.39 is 6.04 Å². The third kappa shape index (κ3) is 2.00. The maximum atomic E-state index is 12.8. The predicted molar refractivity (Wildman–Crippen MR) is 80.5 cm³/mol. The van der Waals surface area contributed by atoms with E-state index in [1.165, 1.54) is 0 Å². The molecule has 6 heteroatoms. The minimum atomic E-state index is -0.458. The van der Waals surface area contributed by atoms with Crippen molar-refractivity contribution in [3.05, 3.63) is 42.2 Å². The predicted octanol–water partition coefficient (Wildman–Crippen LogP) is 1.31. The van der Waals surface area contributed by atoms with Crippen molar-refractivity contribution in [3.8, 4) is 11.3 Å². The molecule has 22 heavy (non-hydrogen) atoms. The summed E-state index contributed by atoms with van der Waals surface area (Å²) < 4.78 is 5.38. The molecule has 1 aromatic carbocycles. The van der Waals surface area contributed by atoms with Gasteiger partial charge in [-0.1, -0.05) is 0 Å².